The molecule has 0 aliphatic rings. The van der Waals surface area contributed by atoms with E-state index in [1.165, 1.54) is 6.92 Å². The van der Waals surface area contributed by atoms with E-state index in [1.807, 2.05) is 0 Å². The van der Waals surface area contributed by atoms with E-state index in [4.69, 9.17) is 0 Å². The average Bonchev–Trinajstić information content (AvgIpc) is 2.08. The highest BCUT2D eigenvalue weighted by molar-refractivity contribution is 7.09. The van der Waals surface area contributed by atoms with Gasteiger partial charge >= 0.3 is 11.0 Å². The molecule has 0 spiro atoms. The maximum absolute atomic E-state index is 11.9. The third-order valence-electron chi connectivity index (χ3n) is 1.11. The number of aromatic nitrogens is 1. The number of nitrogens with one attached hydrogen (secondary N) is 1. The summed E-state index contributed by atoms with van der Waals surface area (Å²) >= 11 is 0.565. The van der Waals surface area contributed by atoms with E-state index in [9.17, 15) is 18.0 Å². The number of halogens is 3. The Morgan fingerprint density at radius 3 is 2.18 bits per heavy atom. The molecule has 0 radical (unpaired) electrons. The van der Waals surface area contributed by atoms with Gasteiger partial charge in [-0.3, -0.25) is 4.79 Å². The molecule has 1 aromatic heterocycles. The summed E-state index contributed by atoms with van der Waals surface area (Å²) in [5.74, 6) is 0. The number of hydrogen-bond acceptors (Lipinski definition) is 2. The summed E-state index contributed by atoms with van der Waals surface area (Å²) in [7, 11) is 0. The molecule has 0 fully saturated rings. The van der Waals surface area contributed by atoms with Gasteiger partial charge in [0.05, 0.1) is 0 Å². The van der Waals surface area contributed by atoms with Crippen molar-refractivity contribution in [3.8, 4) is 0 Å². The van der Waals surface area contributed by atoms with Crippen LogP contribution >= 0.6 is 11.3 Å². The summed E-state index contributed by atoms with van der Waals surface area (Å²) in [6.45, 7) is 1.26. The monoisotopic (exact) mass is 183 g/mol. The van der Waals surface area contributed by atoms with Gasteiger partial charge in [0.15, 0.2) is 0 Å². The van der Waals surface area contributed by atoms with Gasteiger partial charge in [-0.15, -0.1) is 0 Å². The highest BCUT2D eigenvalue weighted by Crippen LogP contribution is 2.30. The van der Waals surface area contributed by atoms with Crippen LogP contribution in [0.1, 0.15) is 10.6 Å². The zero-order valence-electron chi connectivity index (χ0n) is 5.45. The minimum absolute atomic E-state index is 0.0255. The first-order chi connectivity index (χ1) is 4.91. The van der Waals surface area contributed by atoms with Crippen LogP contribution in [-0.4, -0.2) is 4.98 Å². The van der Waals surface area contributed by atoms with Crippen LogP contribution in [0, 0.1) is 6.92 Å². The molecule has 0 saturated heterocycles. The van der Waals surface area contributed by atoms with Crippen molar-refractivity contribution in [1.29, 1.82) is 0 Å². The molecule has 62 valence electrons. The molecule has 0 aliphatic carbocycles. The second-order valence-corrected chi connectivity index (χ2v) is 3.13. The molecule has 0 unspecified atom stereocenters. The van der Waals surface area contributed by atoms with Crippen molar-refractivity contribution in [2.75, 3.05) is 0 Å². The van der Waals surface area contributed by atoms with Gasteiger partial charge in [-0.05, 0) is 6.92 Å². The molecule has 1 rings (SSSR count). The number of aryl methyl sites for hydroxylation is 1. The molecule has 1 heterocycles. The number of hydrogen-bond donors (Lipinski definition) is 1. The SMILES string of the molecule is Cc1sc(=O)[nH]c1C(F)(F)F. The third-order valence-corrected chi connectivity index (χ3v) is 1.91. The van der Waals surface area contributed by atoms with E-state index >= 15 is 0 Å². The van der Waals surface area contributed by atoms with E-state index < -0.39 is 16.7 Å². The van der Waals surface area contributed by atoms with Gasteiger partial charge in [0.2, 0.25) is 0 Å². The van der Waals surface area contributed by atoms with Crippen molar-refractivity contribution in [3.63, 3.8) is 0 Å². The molecule has 0 amide bonds. The van der Waals surface area contributed by atoms with Gasteiger partial charge in [0.1, 0.15) is 5.69 Å². The van der Waals surface area contributed by atoms with E-state index in [0.717, 1.165) is 0 Å². The van der Waals surface area contributed by atoms with Crippen molar-refractivity contribution in [3.05, 3.63) is 20.2 Å². The average molecular weight is 183 g/mol. The van der Waals surface area contributed by atoms with Gasteiger partial charge in [0.25, 0.3) is 0 Å². The molecule has 0 bridgehead atoms. The molecule has 0 saturated carbocycles. The fourth-order valence-corrected chi connectivity index (χ4v) is 1.38. The first kappa shape index (κ1) is 8.32. The Balaban J connectivity index is 3.24. The van der Waals surface area contributed by atoms with E-state index in [2.05, 4.69) is 0 Å². The minimum Gasteiger partial charge on any atom is -0.308 e. The van der Waals surface area contributed by atoms with Gasteiger partial charge in [-0.25, -0.2) is 0 Å². The number of thiazole rings is 1. The van der Waals surface area contributed by atoms with Crippen LogP contribution in [0.2, 0.25) is 0 Å². The van der Waals surface area contributed by atoms with Crippen molar-refractivity contribution in [2.24, 2.45) is 0 Å². The van der Waals surface area contributed by atoms with Crippen molar-refractivity contribution in [2.45, 2.75) is 13.1 Å². The summed E-state index contributed by atoms with van der Waals surface area (Å²) in [5, 5.41) is 0. The van der Waals surface area contributed by atoms with Gasteiger partial charge in [-0.2, -0.15) is 13.2 Å². The highest BCUT2D eigenvalue weighted by Gasteiger charge is 2.34. The second-order valence-electron chi connectivity index (χ2n) is 1.94. The van der Waals surface area contributed by atoms with Crippen LogP contribution in [0.4, 0.5) is 13.2 Å². The summed E-state index contributed by atoms with van der Waals surface area (Å²) in [4.78, 5) is 11.4. The maximum atomic E-state index is 11.9. The molecule has 11 heavy (non-hydrogen) atoms. The summed E-state index contributed by atoms with van der Waals surface area (Å²) in [5.41, 5.74) is -0.937. The van der Waals surface area contributed by atoms with Crippen LogP contribution < -0.4 is 4.87 Å². The fourth-order valence-electron chi connectivity index (χ4n) is 0.676. The molecule has 0 atom stereocenters. The van der Waals surface area contributed by atoms with Crippen LogP contribution in [0.5, 0.6) is 0 Å². The van der Waals surface area contributed by atoms with Crippen LogP contribution in [0.15, 0.2) is 4.79 Å². The number of aromatic amines is 1. The summed E-state index contributed by atoms with van der Waals surface area (Å²) < 4.78 is 35.7. The van der Waals surface area contributed by atoms with E-state index in [0.29, 0.717) is 11.3 Å². The summed E-state index contributed by atoms with van der Waals surface area (Å²) in [6.07, 6.45) is -4.44. The lowest BCUT2D eigenvalue weighted by Crippen LogP contribution is -2.09. The molecule has 0 aromatic carbocycles. The number of rotatable bonds is 0. The Labute approximate surface area is 63.7 Å². The lowest BCUT2D eigenvalue weighted by Gasteiger charge is -2.02. The van der Waals surface area contributed by atoms with E-state index in [-0.39, 0.29) is 4.88 Å². The lowest BCUT2D eigenvalue weighted by molar-refractivity contribution is -0.141. The predicted molar refractivity (Wildman–Crippen MR) is 34.7 cm³/mol. The standard InChI is InChI=1S/C5H4F3NOS/c1-2-3(5(6,7)8)9-4(10)11-2/h1H3,(H,9,10). The zero-order valence-corrected chi connectivity index (χ0v) is 6.27. The molecule has 1 N–H and O–H groups in total. The van der Waals surface area contributed by atoms with Crippen molar-refractivity contribution in [1.82, 2.24) is 4.98 Å². The Morgan fingerprint density at radius 1 is 1.45 bits per heavy atom. The Hall–Kier alpha value is -0.780. The lowest BCUT2D eigenvalue weighted by atomic mass is 10.4. The highest BCUT2D eigenvalue weighted by atomic mass is 32.1. The zero-order chi connectivity index (χ0) is 8.65. The van der Waals surface area contributed by atoms with Crippen molar-refractivity contribution >= 4 is 11.3 Å². The number of alkyl halides is 3. The smallest absolute Gasteiger partial charge is 0.308 e. The molecule has 1 aromatic rings. The minimum atomic E-state index is -4.44. The number of H-pyrrole nitrogens is 1. The van der Waals surface area contributed by atoms with Crippen LogP contribution in [0.3, 0.4) is 0 Å². The van der Waals surface area contributed by atoms with Crippen LogP contribution in [-0.2, 0) is 6.18 Å². The normalized spacial score (nSPS) is 12.0. The molecular weight excluding hydrogens is 179 g/mol. The Morgan fingerprint density at radius 2 is 2.00 bits per heavy atom. The van der Waals surface area contributed by atoms with Gasteiger partial charge in [0, 0.05) is 4.88 Å². The first-order valence-corrected chi connectivity index (χ1v) is 3.50. The van der Waals surface area contributed by atoms with E-state index in [1.54, 1.807) is 4.98 Å². The fraction of sp³-hybridized carbons (Fsp3) is 0.400. The molecular formula is C5H4F3NOS. The van der Waals surface area contributed by atoms with Gasteiger partial charge < -0.3 is 4.98 Å². The largest absolute Gasteiger partial charge is 0.432 e. The Kier molecular flexibility index (Phi) is 1.79. The van der Waals surface area contributed by atoms with Gasteiger partial charge in [-0.1, -0.05) is 11.3 Å². The predicted octanol–water partition coefficient (Wildman–Crippen LogP) is 1.76. The quantitative estimate of drug-likeness (QED) is 0.653. The summed E-state index contributed by atoms with van der Waals surface area (Å²) in [6, 6.07) is 0. The molecule has 2 nitrogen and oxygen atoms in total. The molecule has 6 heteroatoms. The molecule has 0 aliphatic heterocycles. The van der Waals surface area contributed by atoms with Crippen molar-refractivity contribution < 1.29 is 13.2 Å². The third kappa shape index (κ3) is 1.62. The first-order valence-electron chi connectivity index (χ1n) is 2.68. The maximum Gasteiger partial charge on any atom is 0.432 e. The second kappa shape index (κ2) is 2.37. The Bertz CT molecular complexity index is 310. The topological polar surface area (TPSA) is 32.9 Å². The van der Waals surface area contributed by atoms with Crippen LogP contribution in [0.25, 0.3) is 0 Å².